The van der Waals surface area contributed by atoms with E-state index in [0.29, 0.717) is 30.9 Å². The molecule has 0 aromatic carbocycles. The van der Waals surface area contributed by atoms with E-state index < -0.39 is 0 Å². The molecule has 0 aliphatic carbocycles. The van der Waals surface area contributed by atoms with Gasteiger partial charge in [-0.25, -0.2) is 0 Å². The highest BCUT2D eigenvalue weighted by atomic mass is 32.1. The van der Waals surface area contributed by atoms with Gasteiger partial charge in [-0.2, -0.15) is 0 Å². The maximum absolute atomic E-state index is 12.3. The largest absolute Gasteiger partial charge is 0.393 e. The van der Waals surface area contributed by atoms with E-state index in [-0.39, 0.29) is 5.91 Å². The van der Waals surface area contributed by atoms with Crippen LogP contribution in [-0.4, -0.2) is 54.4 Å². The molecule has 1 rings (SSSR count). The quantitative estimate of drug-likeness (QED) is 0.736. The molecule has 0 radical (unpaired) electrons. The van der Waals surface area contributed by atoms with Crippen molar-refractivity contribution >= 4 is 34.5 Å². The number of thiocarbonyl (C=S) groups is 1. The number of carbonyl (C=O) groups is 1. The van der Waals surface area contributed by atoms with Gasteiger partial charge in [-0.15, -0.1) is 11.3 Å². The Balaban J connectivity index is 2.54. The first-order chi connectivity index (χ1) is 8.99. The van der Waals surface area contributed by atoms with E-state index in [1.54, 1.807) is 11.3 Å². The molecule has 0 atom stereocenters. The molecule has 1 heterocycles. The van der Waals surface area contributed by atoms with Crippen LogP contribution in [-0.2, 0) is 11.2 Å². The smallest absolute Gasteiger partial charge is 0.227 e. The van der Waals surface area contributed by atoms with Crippen molar-refractivity contribution in [3.05, 3.63) is 22.4 Å². The van der Waals surface area contributed by atoms with E-state index in [1.165, 1.54) is 0 Å². The predicted octanol–water partition coefficient (Wildman–Crippen LogP) is 1.36. The molecule has 4 nitrogen and oxygen atoms in total. The monoisotopic (exact) mass is 299 g/mol. The van der Waals surface area contributed by atoms with Crippen LogP contribution >= 0.6 is 23.6 Å². The van der Waals surface area contributed by atoms with Crippen LogP contribution in [0.4, 0.5) is 0 Å². The van der Waals surface area contributed by atoms with Crippen LogP contribution in [0.1, 0.15) is 11.3 Å². The third kappa shape index (κ3) is 6.66. The summed E-state index contributed by atoms with van der Waals surface area (Å²) in [5.41, 5.74) is 5.52. The number of hydrogen-bond acceptors (Lipinski definition) is 4. The molecule has 0 aliphatic rings. The molecule has 0 saturated carbocycles. The Kier molecular flexibility index (Phi) is 6.97. The minimum Gasteiger partial charge on any atom is -0.393 e. The van der Waals surface area contributed by atoms with Gasteiger partial charge in [0, 0.05) is 30.9 Å². The van der Waals surface area contributed by atoms with Crippen molar-refractivity contribution in [2.24, 2.45) is 5.73 Å². The minimum absolute atomic E-state index is 0.139. The number of thiophene rings is 1. The van der Waals surface area contributed by atoms with E-state index in [4.69, 9.17) is 18.0 Å². The van der Waals surface area contributed by atoms with E-state index in [1.807, 2.05) is 36.5 Å². The van der Waals surface area contributed by atoms with Gasteiger partial charge in [0.2, 0.25) is 5.91 Å². The Bertz CT molecular complexity index is 404. The standard InChI is InChI=1S/C13H21N3OS2/c1-15(2)7-8-16(6-5-12(14)18)13(17)10-11-4-3-9-19-11/h3-4,9H,5-8,10H2,1-2H3,(H2,14,18). The normalized spacial score (nSPS) is 10.7. The lowest BCUT2D eigenvalue weighted by Gasteiger charge is -2.24. The van der Waals surface area contributed by atoms with Crippen LogP contribution in [0.5, 0.6) is 0 Å². The number of nitrogens with zero attached hydrogens (tertiary/aromatic N) is 2. The number of carbonyl (C=O) groups excluding carboxylic acids is 1. The van der Waals surface area contributed by atoms with Gasteiger partial charge in [-0.3, -0.25) is 4.79 Å². The van der Waals surface area contributed by atoms with Gasteiger partial charge in [0.15, 0.2) is 0 Å². The summed E-state index contributed by atoms with van der Waals surface area (Å²) in [4.78, 5) is 17.7. The third-order valence-electron chi connectivity index (χ3n) is 2.70. The Labute approximate surface area is 124 Å². The van der Waals surface area contributed by atoms with Gasteiger partial charge in [0.25, 0.3) is 0 Å². The fourth-order valence-electron chi connectivity index (χ4n) is 1.60. The van der Waals surface area contributed by atoms with Gasteiger partial charge < -0.3 is 15.5 Å². The predicted molar refractivity (Wildman–Crippen MR) is 84.6 cm³/mol. The number of nitrogens with two attached hydrogens (primary N) is 1. The molecule has 1 aromatic rings. The Hall–Kier alpha value is -0.980. The van der Waals surface area contributed by atoms with Gasteiger partial charge in [-0.05, 0) is 25.5 Å². The Morgan fingerprint density at radius 2 is 2.11 bits per heavy atom. The second-order valence-corrected chi connectivity index (χ2v) is 6.21. The zero-order valence-electron chi connectivity index (χ0n) is 11.5. The maximum Gasteiger partial charge on any atom is 0.227 e. The summed E-state index contributed by atoms with van der Waals surface area (Å²) < 4.78 is 0. The second-order valence-electron chi connectivity index (χ2n) is 4.66. The first-order valence-electron chi connectivity index (χ1n) is 6.22. The first kappa shape index (κ1) is 16.1. The van der Waals surface area contributed by atoms with E-state index >= 15 is 0 Å². The van der Waals surface area contributed by atoms with Crippen LogP contribution in [0.15, 0.2) is 17.5 Å². The summed E-state index contributed by atoms with van der Waals surface area (Å²) in [5, 5.41) is 1.99. The summed E-state index contributed by atoms with van der Waals surface area (Å²) in [7, 11) is 3.99. The van der Waals surface area contributed by atoms with Crippen molar-refractivity contribution in [1.29, 1.82) is 0 Å². The molecule has 0 saturated heterocycles. The van der Waals surface area contributed by atoms with Crippen molar-refractivity contribution in [2.45, 2.75) is 12.8 Å². The molecule has 0 bridgehead atoms. The summed E-state index contributed by atoms with van der Waals surface area (Å²) in [6.45, 7) is 2.15. The molecule has 0 spiro atoms. The van der Waals surface area contributed by atoms with E-state index in [2.05, 4.69) is 4.90 Å². The molecular weight excluding hydrogens is 278 g/mol. The van der Waals surface area contributed by atoms with Crippen LogP contribution in [0.25, 0.3) is 0 Å². The molecular formula is C13H21N3OS2. The van der Waals surface area contributed by atoms with Crippen LogP contribution in [0.3, 0.4) is 0 Å². The van der Waals surface area contributed by atoms with E-state index in [0.717, 1.165) is 11.4 Å². The van der Waals surface area contributed by atoms with Crippen molar-refractivity contribution < 1.29 is 4.79 Å². The van der Waals surface area contributed by atoms with Crippen LogP contribution in [0, 0.1) is 0 Å². The highest BCUT2D eigenvalue weighted by Gasteiger charge is 2.14. The molecule has 0 fully saturated rings. The average Bonchev–Trinajstić information content (AvgIpc) is 2.80. The molecule has 106 valence electrons. The average molecular weight is 299 g/mol. The summed E-state index contributed by atoms with van der Waals surface area (Å²) in [5.74, 6) is 0.139. The number of amides is 1. The Morgan fingerprint density at radius 3 is 2.63 bits per heavy atom. The molecule has 0 unspecified atom stereocenters. The summed E-state index contributed by atoms with van der Waals surface area (Å²) >= 11 is 6.49. The molecule has 19 heavy (non-hydrogen) atoms. The molecule has 0 aliphatic heterocycles. The zero-order chi connectivity index (χ0) is 14.3. The summed E-state index contributed by atoms with van der Waals surface area (Å²) in [6.07, 6.45) is 1.04. The maximum atomic E-state index is 12.3. The third-order valence-corrected chi connectivity index (χ3v) is 3.78. The van der Waals surface area contributed by atoms with Crippen LogP contribution < -0.4 is 5.73 Å². The Morgan fingerprint density at radius 1 is 1.37 bits per heavy atom. The van der Waals surface area contributed by atoms with Gasteiger partial charge in [0.1, 0.15) is 0 Å². The van der Waals surface area contributed by atoms with Gasteiger partial charge in [0.05, 0.1) is 11.4 Å². The van der Waals surface area contributed by atoms with Crippen molar-refractivity contribution in [1.82, 2.24) is 9.80 Å². The van der Waals surface area contributed by atoms with Crippen molar-refractivity contribution in [3.63, 3.8) is 0 Å². The fraction of sp³-hybridized carbons (Fsp3) is 0.538. The number of hydrogen-bond donors (Lipinski definition) is 1. The van der Waals surface area contributed by atoms with Gasteiger partial charge in [-0.1, -0.05) is 18.3 Å². The highest BCUT2D eigenvalue weighted by Crippen LogP contribution is 2.11. The minimum atomic E-state index is 0.139. The second kappa shape index (κ2) is 8.24. The topological polar surface area (TPSA) is 49.6 Å². The van der Waals surface area contributed by atoms with Crippen molar-refractivity contribution in [3.8, 4) is 0 Å². The lowest BCUT2D eigenvalue weighted by atomic mass is 10.2. The molecule has 2 N–H and O–H groups in total. The molecule has 1 amide bonds. The SMILES string of the molecule is CN(C)CCN(CCC(N)=S)C(=O)Cc1cccs1. The summed E-state index contributed by atoms with van der Waals surface area (Å²) in [6, 6.07) is 3.95. The first-order valence-corrected chi connectivity index (χ1v) is 7.51. The lowest BCUT2D eigenvalue weighted by Crippen LogP contribution is -2.39. The van der Waals surface area contributed by atoms with Crippen molar-refractivity contribution in [2.75, 3.05) is 33.7 Å². The highest BCUT2D eigenvalue weighted by molar-refractivity contribution is 7.80. The molecule has 1 aromatic heterocycles. The number of rotatable bonds is 8. The van der Waals surface area contributed by atoms with Crippen LogP contribution in [0.2, 0.25) is 0 Å². The van der Waals surface area contributed by atoms with E-state index in [9.17, 15) is 4.79 Å². The lowest BCUT2D eigenvalue weighted by molar-refractivity contribution is -0.130. The zero-order valence-corrected chi connectivity index (χ0v) is 13.1. The number of likely N-dealkylation sites (N-methyl/N-ethyl adjacent to an activating group) is 1. The fourth-order valence-corrected chi connectivity index (χ4v) is 2.39. The van der Waals surface area contributed by atoms with Gasteiger partial charge >= 0.3 is 0 Å². The molecule has 6 heteroatoms.